The van der Waals surface area contributed by atoms with E-state index in [1.54, 1.807) is 12.1 Å². The summed E-state index contributed by atoms with van der Waals surface area (Å²) in [6, 6.07) is 4.55. The van der Waals surface area contributed by atoms with E-state index in [-0.39, 0.29) is 16.0 Å². The quantitative estimate of drug-likeness (QED) is 0.787. The van der Waals surface area contributed by atoms with Gasteiger partial charge in [-0.05, 0) is 38.2 Å². The third-order valence-electron chi connectivity index (χ3n) is 2.97. The van der Waals surface area contributed by atoms with E-state index in [1.807, 2.05) is 6.92 Å². The Morgan fingerprint density at radius 2 is 1.95 bits per heavy atom. The molecule has 1 aromatic rings. The van der Waals surface area contributed by atoms with Crippen molar-refractivity contribution in [1.29, 1.82) is 0 Å². The van der Waals surface area contributed by atoms with Crippen LogP contribution in [0.3, 0.4) is 0 Å². The van der Waals surface area contributed by atoms with Gasteiger partial charge in [-0.1, -0.05) is 41.4 Å². The molecule has 1 N–H and O–H groups in total. The topological polar surface area (TPSA) is 49.4 Å². The van der Waals surface area contributed by atoms with Crippen molar-refractivity contribution in [2.75, 3.05) is 19.6 Å². The van der Waals surface area contributed by atoms with Crippen LogP contribution in [0, 0.1) is 0 Å². The number of rotatable bonds is 7. The van der Waals surface area contributed by atoms with Gasteiger partial charge in [0.15, 0.2) is 0 Å². The Bertz CT molecular complexity index is 547. The van der Waals surface area contributed by atoms with E-state index in [1.165, 1.54) is 6.07 Å². The van der Waals surface area contributed by atoms with Gasteiger partial charge >= 0.3 is 0 Å². The molecular weight excluding hydrogens is 364 g/mol. The monoisotopic (exact) mass is 382 g/mol. The predicted octanol–water partition coefficient (Wildman–Crippen LogP) is 3.11. The highest BCUT2D eigenvalue weighted by atomic mass is 79.9. The van der Waals surface area contributed by atoms with Gasteiger partial charge in [-0.25, -0.2) is 13.1 Å². The van der Waals surface area contributed by atoms with E-state index in [0.717, 1.165) is 17.6 Å². The molecule has 114 valence electrons. The minimum absolute atomic E-state index is 0.105. The van der Waals surface area contributed by atoms with Gasteiger partial charge in [-0.15, -0.1) is 0 Å². The maximum atomic E-state index is 12.3. The van der Waals surface area contributed by atoms with E-state index in [9.17, 15) is 8.42 Å². The number of sulfonamides is 1. The Kier molecular flexibility index (Phi) is 6.94. The molecule has 0 fully saturated rings. The molecule has 1 rings (SSSR count). The van der Waals surface area contributed by atoms with Crippen LogP contribution < -0.4 is 4.72 Å². The summed E-state index contributed by atoms with van der Waals surface area (Å²) >= 11 is 9.26. The van der Waals surface area contributed by atoms with Gasteiger partial charge in [0.25, 0.3) is 0 Å². The van der Waals surface area contributed by atoms with Crippen molar-refractivity contribution < 1.29 is 8.42 Å². The van der Waals surface area contributed by atoms with Crippen molar-refractivity contribution in [1.82, 2.24) is 9.62 Å². The second-order valence-corrected chi connectivity index (χ2v) is 7.59. The van der Waals surface area contributed by atoms with Crippen LogP contribution in [-0.4, -0.2) is 39.0 Å². The molecular formula is C13H20BrClN2O2S. The van der Waals surface area contributed by atoms with Gasteiger partial charge < -0.3 is 4.90 Å². The smallest absolute Gasteiger partial charge is 0.242 e. The standard InChI is InChI=1S/C13H20BrClN2O2S/c1-4-17(5-2)9-10(3)16-20(18,19)13-7-6-11(14)8-12(13)15/h6-8,10,16H,4-5,9H2,1-3H3. The summed E-state index contributed by atoms with van der Waals surface area (Å²) in [4.78, 5) is 2.27. The van der Waals surface area contributed by atoms with Crippen LogP contribution >= 0.6 is 27.5 Å². The summed E-state index contributed by atoms with van der Waals surface area (Å²) in [5.74, 6) is 0. The molecule has 1 aromatic carbocycles. The van der Waals surface area contributed by atoms with E-state index >= 15 is 0 Å². The fraction of sp³-hybridized carbons (Fsp3) is 0.538. The first kappa shape index (κ1) is 17.9. The number of nitrogens with one attached hydrogen (secondary N) is 1. The lowest BCUT2D eigenvalue weighted by Crippen LogP contribution is -2.41. The first-order chi connectivity index (χ1) is 9.30. The highest BCUT2D eigenvalue weighted by Crippen LogP contribution is 2.25. The zero-order valence-electron chi connectivity index (χ0n) is 11.9. The number of benzene rings is 1. The number of halogens is 2. The highest BCUT2D eigenvalue weighted by molar-refractivity contribution is 9.10. The third kappa shape index (κ3) is 5.00. The third-order valence-corrected chi connectivity index (χ3v) is 5.53. The summed E-state index contributed by atoms with van der Waals surface area (Å²) in [6.07, 6.45) is 0. The Balaban J connectivity index is 2.84. The van der Waals surface area contributed by atoms with Gasteiger partial charge in [0.1, 0.15) is 4.90 Å². The lowest BCUT2D eigenvalue weighted by Gasteiger charge is -2.23. The van der Waals surface area contributed by atoms with Crippen molar-refractivity contribution in [3.8, 4) is 0 Å². The molecule has 0 amide bonds. The summed E-state index contributed by atoms with van der Waals surface area (Å²) < 4.78 is 28.0. The average Bonchev–Trinajstić information content (AvgIpc) is 2.34. The van der Waals surface area contributed by atoms with Gasteiger partial charge in [0.05, 0.1) is 5.02 Å². The molecule has 1 unspecified atom stereocenters. The SMILES string of the molecule is CCN(CC)CC(C)NS(=O)(=O)c1ccc(Br)cc1Cl. The van der Waals surface area contributed by atoms with Crippen molar-refractivity contribution in [2.45, 2.75) is 31.7 Å². The molecule has 0 bridgehead atoms. The molecule has 4 nitrogen and oxygen atoms in total. The van der Waals surface area contributed by atoms with E-state index in [0.29, 0.717) is 6.54 Å². The van der Waals surface area contributed by atoms with Crippen LogP contribution in [0.5, 0.6) is 0 Å². The van der Waals surface area contributed by atoms with E-state index < -0.39 is 10.0 Å². The second kappa shape index (κ2) is 7.75. The molecule has 7 heteroatoms. The minimum atomic E-state index is -3.60. The second-order valence-electron chi connectivity index (χ2n) is 4.58. The Morgan fingerprint density at radius 1 is 1.35 bits per heavy atom. The summed E-state index contributed by atoms with van der Waals surface area (Å²) in [5.41, 5.74) is 0. The zero-order chi connectivity index (χ0) is 15.3. The molecule has 0 heterocycles. The van der Waals surface area contributed by atoms with Gasteiger partial charge in [0.2, 0.25) is 10.0 Å². The van der Waals surface area contributed by atoms with Crippen molar-refractivity contribution in [3.63, 3.8) is 0 Å². The Morgan fingerprint density at radius 3 is 2.45 bits per heavy atom. The zero-order valence-corrected chi connectivity index (χ0v) is 15.0. The molecule has 0 saturated heterocycles. The molecule has 0 aliphatic carbocycles. The van der Waals surface area contributed by atoms with Gasteiger partial charge in [0, 0.05) is 17.1 Å². The maximum Gasteiger partial charge on any atom is 0.242 e. The number of hydrogen-bond acceptors (Lipinski definition) is 3. The molecule has 0 saturated carbocycles. The molecule has 0 aliphatic heterocycles. The fourth-order valence-electron chi connectivity index (χ4n) is 1.93. The van der Waals surface area contributed by atoms with Crippen LogP contribution in [-0.2, 0) is 10.0 Å². The lowest BCUT2D eigenvalue weighted by atomic mass is 10.3. The molecule has 0 spiro atoms. The van der Waals surface area contributed by atoms with Crippen LogP contribution in [0.4, 0.5) is 0 Å². The van der Waals surface area contributed by atoms with Crippen LogP contribution in [0.25, 0.3) is 0 Å². The van der Waals surface area contributed by atoms with Gasteiger partial charge in [-0.2, -0.15) is 0 Å². The molecule has 1 atom stereocenters. The van der Waals surface area contributed by atoms with Crippen LogP contribution in [0.1, 0.15) is 20.8 Å². The van der Waals surface area contributed by atoms with Crippen LogP contribution in [0.2, 0.25) is 5.02 Å². The summed E-state index contributed by atoms with van der Waals surface area (Å²) in [7, 11) is -3.60. The lowest BCUT2D eigenvalue weighted by molar-refractivity contribution is 0.282. The molecule has 0 aromatic heterocycles. The Hall–Kier alpha value is -0.140. The van der Waals surface area contributed by atoms with Crippen molar-refractivity contribution >= 4 is 37.6 Å². The number of hydrogen-bond donors (Lipinski definition) is 1. The number of likely N-dealkylation sites (N-methyl/N-ethyl adjacent to an activating group) is 1. The molecule has 0 aliphatic rings. The van der Waals surface area contributed by atoms with Crippen molar-refractivity contribution in [3.05, 3.63) is 27.7 Å². The summed E-state index contributed by atoms with van der Waals surface area (Å²) in [6.45, 7) is 8.40. The van der Waals surface area contributed by atoms with E-state index in [2.05, 4.69) is 39.4 Å². The average molecular weight is 384 g/mol. The predicted molar refractivity (Wildman–Crippen MR) is 86.7 cm³/mol. The van der Waals surface area contributed by atoms with Crippen LogP contribution in [0.15, 0.2) is 27.6 Å². The summed E-state index contributed by atoms with van der Waals surface area (Å²) in [5, 5.41) is 0.210. The van der Waals surface area contributed by atoms with Gasteiger partial charge in [-0.3, -0.25) is 0 Å². The largest absolute Gasteiger partial charge is 0.302 e. The first-order valence-corrected chi connectivity index (χ1v) is 9.15. The first-order valence-electron chi connectivity index (χ1n) is 6.49. The van der Waals surface area contributed by atoms with E-state index in [4.69, 9.17) is 11.6 Å². The minimum Gasteiger partial charge on any atom is -0.302 e. The van der Waals surface area contributed by atoms with Crippen molar-refractivity contribution in [2.24, 2.45) is 0 Å². The molecule has 0 radical (unpaired) electrons. The fourth-order valence-corrected chi connectivity index (χ4v) is 4.20. The number of nitrogens with zero attached hydrogens (tertiary/aromatic N) is 1. The molecule has 20 heavy (non-hydrogen) atoms. The Labute approximate surface area is 134 Å². The maximum absolute atomic E-state index is 12.3. The highest BCUT2D eigenvalue weighted by Gasteiger charge is 2.21. The normalized spacial score (nSPS) is 13.7.